The number of ether oxygens (including phenoxy) is 1. The highest BCUT2D eigenvalue weighted by Crippen LogP contribution is 2.21. The van der Waals surface area contributed by atoms with Gasteiger partial charge in [0.1, 0.15) is 0 Å². The number of rotatable bonds is 3. The maximum Gasteiger partial charge on any atom is 0.216 e. The molecule has 17 heavy (non-hydrogen) atoms. The molecule has 0 aliphatic carbocycles. The molecule has 0 atom stereocenters. The lowest BCUT2D eigenvalue weighted by molar-refractivity contribution is 0.102. The first-order valence-corrected chi connectivity index (χ1v) is 5.64. The van der Waals surface area contributed by atoms with Crippen molar-refractivity contribution < 1.29 is 9.53 Å². The van der Waals surface area contributed by atoms with Crippen molar-refractivity contribution in [1.82, 2.24) is 14.8 Å². The van der Waals surface area contributed by atoms with E-state index in [1.54, 1.807) is 19.3 Å². The van der Waals surface area contributed by atoms with Gasteiger partial charge >= 0.3 is 0 Å². The molecule has 0 saturated carbocycles. The normalized spacial score (nSPS) is 10.3. The summed E-state index contributed by atoms with van der Waals surface area (Å²) in [5, 5.41) is 4.00. The third kappa shape index (κ3) is 2.21. The summed E-state index contributed by atoms with van der Waals surface area (Å²) < 4.78 is 7.35. The van der Waals surface area contributed by atoms with Crippen molar-refractivity contribution >= 4 is 21.7 Å². The Morgan fingerprint density at radius 3 is 2.82 bits per heavy atom. The van der Waals surface area contributed by atoms with E-state index in [-0.39, 0.29) is 5.78 Å². The van der Waals surface area contributed by atoms with Crippen LogP contribution in [0.5, 0.6) is 5.75 Å². The second-order valence-corrected chi connectivity index (χ2v) is 4.32. The number of hydrogen-bond donors (Lipinski definition) is 0. The molecular formula is C11H10BrN3O2. The molecule has 0 saturated heterocycles. The molecule has 0 aromatic carbocycles. The highest BCUT2D eigenvalue weighted by molar-refractivity contribution is 9.10. The summed E-state index contributed by atoms with van der Waals surface area (Å²) in [6.07, 6.45) is 4.65. The Morgan fingerprint density at radius 1 is 1.41 bits per heavy atom. The van der Waals surface area contributed by atoms with E-state index in [1.165, 1.54) is 24.2 Å². The topological polar surface area (TPSA) is 57.0 Å². The van der Waals surface area contributed by atoms with Crippen molar-refractivity contribution in [2.24, 2.45) is 7.05 Å². The van der Waals surface area contributed by atoms with E-state index in [2.05, 4.69) is 26.0 Å². The van der Waals surface area contributed by atoms with Crippen molar-refractivity contribution in [3.8, 4) is 5.75 Å². The Bertz CT molecular complexity index is 566. The summed E-state index contributed by atoms with van der Waals surface area (Å²) >= 11 is 3.28. The minimum atomic E-state index is -0.171. The van der Waals surface area contributed by atoms with E-state index in [9.17, 15) is 4.79 Å². The summed E-state index contributed by atoms with van der Waals surface area (Å²) in [5.74, 6) is 0.285. The van der Waals surface area contributed by atoms with Gasteiger partial charge in [-0.15, -0.1) is 0 Å². The number of aromatic nitrogens is 3. The highest BCUT2D eigenvalue weighted by Gasteiger charge is 2.19. The molecule has 0 aliphatic rings. The molecule has 0 radical (unpaired) electrons. The molecule has 0 aliphatic heterocycles. The Balaban J connectivity index is 2.47. The smallest absolute Gasteiger partial charge is 0.216 e. The van der Waals surface area contributed by atoms with Gasteiger partial charge in [0.15, 0.2) is 11.4 Å². The van der Waals surface area contributed by atoms with Crippen LogP contribution in [-0.4, -0.2) is 27.7 Å². The van der Waals surface area contributed by atoms with Crippen molar-refractivity contribution in [2.45, 2.75) is 0 Å². The summed E-state index contributed by atoms with van der Waals surface area (Å²) in [6.45, 7) is 0. The number of halogens is 1. The van der Waals surface area contributed by atoms with Gasteiger partial charge in [-0.05, 0) is 22.0 Å². The first-order chi connectivity index (χ1) is 8.13. The number of pyridine rings is 1. The van der Waals surface area contributed by atoms with E-state index in [4.69, 9.17) is 4.74 Å². The molecule has 2 heterocycles. The fraction of sp³-hybridized carbons (Fsp3) is 0.182. The van der Waals surface area contributed by atoms with Gasteiger partial charge in [0.2, 0.25) is 5.78 Å². The van der Waals surface area contributed by atoms with Crippen molar-refractivity contribution in [2.75, 3.05) is 7.11 Å². The van der Waals surface area contributed by atoms with Gasteiger partial charge in [-0.1, -0.05) is 0 Å². The molecule has 6 heteroatoms. The fourth-order valence-corrected chi connectivity index (χ4v) is 1.86. The summed E-state index contributed by atoms with van der Waals surface area (Å²) in [5.41, 5.74) is 0.897. The predicted molar refractivity (Wildman–Crippen MR) is 65.1 cm³/mol. The number of nitrogens with zero attached hydrogens (tertiary/aromatic N) is 3. The number of aryl methyl sites for hydroxylation is 1. The van der Waals surface area contributed by atoms with Crippen molar-refractivity contribution in [3.63, 3.8) is 0 Å². The van der Waals surface area contributed by atoms with Gasteiger partial charge in [-0.3, -0.25) is 14.5 Å². The lowest BCUT2D eigenvalue weighted by atomic mass is 10.1. The van der Waals surface area contributed by atoms with Crippen molar-refractivity contribution in [1.29, 1.82) is 0 Å². The molecule has 2 aromatic rings. The molecule has 2 aromatic heterocycles. The maximum absolute atomic E-state index is 12.3. The number of methoxy groups -OCH3 is 1. The molecule has 0 amide bonds. The molecular weight excluding hydrogens is 286 g/mol. The third-order valence-electron chi connectivity index (χ3n) is 2.31. The van der Waals surface area contributed by atoms with Crippen LogP contribution in [0.3, 0.4) is 0 Å². The predicted octanol–water partition coefficient (Wildman–Crippen LogP) is 1.82. The molecule has 88 valence electrons. The molecule has 0 unspecified atom stereocenters. The lowest BCUT2D eigenvalue weighted by Crippen LogP contribution is -2.10. The first kappa shape index (κ1) is 11.8. The van der Waals surface area contributed by atoms with E-state index < -0.39 is 0 Å². The van der Waals surface area contributed by atoms with Gasteiger partial charge in [-0.25, -0.2) is 0 Å². The summed E-state index contributed by atoms with van der Waals surface area (Å²) in [7, 11) is 3.20. The van der Waals surface area contributed by atoms with Crippen molar-refractivity contribution in [3.05, 3.63) is 40.4 Å². The van der Waals surface area contributed by atoms with Gasteiger partial charge in [0, 0.05) is 29.5 Å². The van der Waals surface area contributed by atoms with E-state index >= 15 is 0 Å². The molecule has 0 spiro atoms. The van der Waals surface area contributed by atoms with Crippen LogP contribution < -0.4 is 4.74 Å². The van der Waals surface area contributed by atoms with Crippen LogP contribution in [0.25, 0.3) is 0 Å². The summed E-state index contributed by atoms with van der Waals surface area (Å²) in [6, 6.07) is 1.71. The minimum absolute atomic E-state index is 0.171. The number of hydrogen-bond acceptors (Lipinski definition) is 4. The van der Waals surface area contributed by atoms with Crippen LogP contribution in [0.4, 0.5) is 0 Å². The Hall–Kier alpha value is -1.69. The Kier molecular flexibility index (Phi) is 3.23. The molecule has 2 rings (SSSR count). The van der Waals surface area contributed by atoms with Crippen LogP contribution >= 0.6 is 15.9 Å². The van der Waals surface area contributed by atoms with Gasteiger partial charge in [-0.2, -0.15) is 5.10 Å². The summed E-state index contributed by atoms with van der Waals surface area (Å²) in [4.78, 5) is 16.2. The number of carbonyl (C=O) groups excluding carboxylic acids is 1. The van der Waals surface area contributed by atoms with Gasteiger partial charge in [0.25, 0.3) is 0 Å². The maximum atomic E-state index is 12.3. The number of ketones is 1. The van der Waals surface area contributed by atoms with Crippen LogP contribution in [0.15, 0.2) is 29.1 Å². The average Bonchev–Trinajstić information content (AvgIpc) is 2.69. The first-order valence-electron chi connectivity index (χ1n) is 4.84. The quantitative estimate of drug-likeness (QED) is 0.811. The largest absolute Gasteiger partial charge is 0.493 e. The van der Waals surface area contributed by atoms with Gasteiger partial charge in [0.05, 0.1) is 13.3 Å². The zero-order valence-electron chi connectivity index (χ0n) is 9.35. The SMILES string of the molecule is COc1cnn(C)c1C(=O)c1cncc(Br)c1. The van der Waals surface area contributed by atoms with Gasteiger partial charge < -0.3 is 4.74 Å². The van der Waals surface area contributed by atoms with E-state index in [1.807, 2.05) is 0 Å². The zero-order chi connectivity index (χ0) is 12.4. The van der Waals surface area contributed by atoms with Crippen LogP contribution in [-0.2, 0) is 7.05 Å². The Morgan fingerprint density at radius 2 is 2.18 bits per heavy atom. The number of carbonyl (C=O) groups is 1. The molecule has 5 nitrogen and oxygen atoms in total. The van der Waals surface area contributed by atoms with Crippen LogP contribution in [0.2, 0.25) is 0 Å². The second-order valence-electron chi connectivity index (χ2n) is 3.41. The standard InChI is InChI=1S/C11H10BrN3O2/c1-15-10(9(17-2)6-14-15)11(16)7-3-8(12)5-13-4-7/h3-6H,1-2H3. The lowest BCUT2D eigenvalue weighted by Gasteiger charge is -2.04. The minimum Gasteiger partial charge on any atom is -0.493 e. The zero-order valence-corrected chi connectivity index (χ0v) is 10.9. The van der Waals surface area contributed by atoms with Crippen LogP contribution in [0.1, 0.15) is 16.1 Å². The third-order valence-corrected chi connectivity index (χ3v) is 2.74. The van der Waals surface area contributed by atoms with E-state index in [0.717, 1.165) is 4.47 Å². The Labute approximate surface area is 107 Å². The molecule has 0 N–H and O–H groups in total. The molecule has 0 fully saturated rings. The van der Waals surface area contributed by atoms with E-state index in [0.29, 0.717) is 17.0 Å². The average molecular weight is 296 g/mol. The van der Waals surface area contributed by atoms with Crippen LogP contribution in [0, 0.1) is 0 Å². The highest BCUT2D eigenvalue weighted by atomic mass is 79.9. The fourth-order valence-electron chi connectivity index (χ4n) is 1.50. The second kappa shape index (κ2) is 4.67. The molecule has 0 bridgehead atoms. The monoisotopic (exact) mass is 295 g/mol.